The van der Waals surface area contributed by atoms with Crippen LogP contribution in [0.3, 0.4) is 0 Å². The second-order valence-corrected chi connectivity index (χ2v) is 3.66. The molecule has 0 aromatic heterocycles. The molecular formula is C11H17ClO. The van der Waals surface area contributed by atoms with Gasteiger partial charge in [0.2, 0.25) is 0 Å². The van der Waals surface area contributed by atoms with Crippen molar-refractivity contribution < 1.29 is 5.11 Å². The van der Waals surface area contributed by atoms with Gasteiger partial charge < -0.3 is 5.11 Å². The van der Waals surface area contributed by atoms with Gasteiger partial charge in [-0.2, -0.15) is 0 Å². The smallest absolute Gasteiger partial charge is 0.0408 e. The van der Waals surface area contributed by atoms with Crippen LogP contribution in [0, 0.1) is 5.92 Å². The van der Waals surface area contributed by atoms with Crippen LogP contribution in [0.5, 0.6) is 0 Å². The first-order chi connectivity index (χ1) is 6.18. The maximum absolute atomic E-state index is 7.00. The molecule has 0 atom stereocenters. The van der Waals surface area contributed by atoms with Gasteiger partial charge in [0.1, 0.15) is 0 Å². The molecule has 0 saturated carbocycles. The predicted octanol–water partition coefficient (Wildman–Crippen LogP) is 3.15. The van der Waals surface area contributed by atoms with Crippen molar-refractivity contribution in [2.45, 2.75) is 20.3 Å². The van der Waals surface area contributed by atoms with Gasteiger partial charge in [0.05, 0.1) is 0 Å². The molecule has 0 saturated heterocycles. The second kappa shape index (κ2) is 6.93. The molecule has 0 heterocycles. The molecule has 1 nitrogen and oxygen atoms in total. The molecule has 0 unspecified atom stereocenters. The lowest BCUT2D eigenvalue weighted by Gasteiger charge is -2.03. The maximum Gasteiger partial charge on any atom is 0.0408 e. The minimum absolute atomic E-state index is 0.702. The zero-order chi connectivity index (χ0) is 10.3. The summed E-state index contributed by atoms with van der Waals surface area (Å²) in [4.78, 5) is 0. The highest BCUT2D eigenvalue weighted by molar-refractivity contribution is 6.30. The largest absolute Gasteiger partial charge is 0.400 e. The van der Waals surface area contributed by atoms with Crippen LogP contribution in [-0.2, 0) is 6.42 Å². The Hall–Kier alpha value is -0.530. The SMILES string of the molecule is CC(C)Cc1cccc(Cl)c1.CO. The Bertz CT molecular complexity index is 233. The molecule has 74 valence electrons. The summed E-state index contributed by atoms with van der Waals surface area (Å²) in [6.07, 6.45) is 1.11. The second-order valence-electron chi connectivity index (χ2n) is 3.23. The van der Waals surface area contributed by atoms with E-state index in [-0.39, 0.29) is 0 Å². The average molecular weight is 201 g/mol. The maximum atomic E-state index is 7.00. The summed E-state index contributed by atoms with van der Waals surface area (Å²) in [5, 5.41) is 7.84. The molecule has 0 aliphatic rings. The number of hydrogen-bond acceptors (Lipinski definition) is 1. The third-order valence-electron chi connectivity index (χ3n) is 1.53. The Kier molecular flexibility index (Phi) is 6.65. The van der Waals surface area contributed by atoms with Crippen LogP contribution in [0.15, 0.2) is 24.3 Å². The fourth-order valence-corrected chi connectivity index (χ4v) is 1.35. The number of halogens is 1. The summed E-state index contributed by atoms with van der Waals surface area (Å²) in [6, 6.07) is 8.05. The molecule has 0 aliphatic heterocycles. The van der Waals surface area contributed by atoms with E-state index in [1.54, 1.807) is 0 Å². The van der Waals surface area contributed by atoms with E-state index in [0.29, 0.717) is 5.92 Å². The van der Waals surface area contributed by atoms with E-state index < -0.39 is 0 Å². The molecular weight excluding hydrogens is 184 g/mol. The summed E-state index contributed by atoms with van der Waals surface area (Å²) in [5.74, 6) is 0.702. The van der Waals surface area contributed by atoms with Gasteiger partial charge >= 0.3 is 0 Å². The number of hydrogen-bond donors (Lipinski definition) is 1. The predicted molar refractivity (Wildman–Crippen MR) is 58.1 cm³/mol. The fraction of sp³-hybridized carbons (Fsp3) is 0.455. The lowest BCUT2D eigenvalue weighted by atomic mass is 10.0. The van der Waals surface area contributed by atoms with Gasteiger partial charge in [0.25, 0.3) is 0 Å². The van der Waals surface area contributed by atoms with Gasteiger partial charge in [-0.1, -0.05) is 37.6 Å². The molecule has 0 amide bonds. The van der Waals surface area contributed by atoms with E-state index in [9.17, 15) is 0 Å². The third-order valence-corrected chi connectivity index (χ3v) is 1.77. The summed E-state index contributed by atoms with van der Waals surface area (Å²) in [7, 11) is 1.00. The van der Waals surface area contributed by atoms with Crippen molar-refractivity contribution in [3.05, 3.63) is 34.9 Å². The number of benzene rings is 1. The van der Waals surface area contributed by atoms with Gasteiger partial charge in [0, 0.05) is 12.1 Å². The van der Waals surface area contributed by atoms with E-state index in [1.807, 2.05) is 18.2 Å². The van der Waals surface area contributed by atoms with E-state index in [4.69, 9.17) is 16.7 Å². The van der Waals surface area contributed by atoms with Crippen LogP contribution in [0.4, 0.5) is 0 Å². The van der Waals surface area contributed by atoms with Gasteiger partial charge in [0.15, 0.2) is 0 Å². The molecule has 0 fully saturated rings. The number of rotatable bonds is 2. The Balaban J connectivity index is 0.000000671. The first-order valence-corrected chi connectivity index (χ1v) is 4.75. The van der Waals surface area contributed by atoms with Crippen LogP contribution in [0.1, 0.15) is 19.4 Å². The highest BCUT2D eigenvalue weighted by atomic mass is 35.5. The first-order valence-electron chi connectivity index (χ1n) is 4.37. The van der Waals surface area contributed by atoms with Crippen molar-refractivity contribution in [3.63, 3.8) is 0 Å². The topological polar surface area (TPSA) is 20.2 Å². The van der Waals surface area contributed by atoms with Crippen LogP contribution in [-0.4, -0.2) is 12.2 Å². The van der Waals surface area contributed by atoms with Crippen molar-refractivity contribution in [2.24, 2.45) is 5.92 Å². The van der Waals surface area contributed by atoms with Crippen molar-refractivity contribution in [2.75, 3.05) is 7.11 Å². The molecule has 2 heteroatoms. The Morgan fingerprint density at radius 2 is 1.92 bits per heavy atom. The zero-order valence-corrected chi connectivity index (χ0v) is 9.17. The molecule has 1 rings (SSSR count). The Morgan fingerprint density at radius 3 is 2.38 bits per heavy atom. The minimum atomic E-state index is 0.702. The van der Waals surface area contributed by atoms with Crippen molar-refractivity contribution in [1.82, 2.24) is 0 Å². The zero-order valence-electron chi connectivity index (χ0n) is 8.42. The standard InChI is InChI=1S/C10H13Cl.CH4O/c1-8(2)6-9-4-3-5-10(11)7-9;1-2/h3-5,7-8H,6H2,1-2H3;2H,1H3. The highest BCUT2D eigenvalue weighted by Crippen LogP contribution is 2.13. The molecule has 13 heavy (non-hydrogen) atoms. The van der Waals surface area contributed by atoms with E-state index in [1.165, 1.54) is 5.56 Å². The molecule has 1 aromatic rings. The van der Waals surface area contributed by atoms with Gasteiger partial charge in [-0.15, -0.1) is 0 Å². The monoisotopic (exact) mass is 200 g/mol. The average Bonchev–Trinajstić information content (AvgIpc) is 2.06. The minimum Gasteiger partial charge on any atom is -0.400 e. The van der Waals surface area contributed by atoms with Crippen molar-refractivity contribution in [1.29, 1.82) is 0 Å². The number of aliphatic hydroxyl groups is 1. The highest BCUT2D eigenvalue weighted by Gasteiger charge is 1.96. The van der Waals surface area contributed by atoms with Crippen LogP contribution >= 0.6 is 11.6 Å². The Labute approximate surface area is 85.4 Å². The third kappa shape index (κ3) is 5.67. The normalized spacial score (nSPS) is 9.38. The van der Waals surface area contributed by atoms with Gasteiger partial charge in [-0.25, -0.2) is 0 Å². The molecule has 0 radical (unpaired) electrons. The van der Waals surface area contributed by atoms with E-state index >= 15 is 0 Å². The number of aliphatic hydroxyl groups excluding tert-OH is 1. The quantitative estimate of drug-likeness (QED) is 0.778. The summed E-state index contributed by atoms with van der Waals surface area (Å²) >= 11 is 5.83. The summed E-state index contributed by atoms with van der Waals surface area (Å²) in [5.41, 5.74) is 1.33. The van der Waals surface area contributed by atoms with Crippen LogP contribution < -0.4 is 0 Å². The first kappa shape index (κ1) is 12.5. The van der Waals surface area contributed by atoms with Gasteiger partial charge in [-0.3, -0.25) is 0 Å². The van der Waals surface area contributed by atoms with E-state index in [0.717, 1.165) is 18.6 Å². The fourth-order valence-electron chi connectivity index (χ4n) is 1.14. The van der Waals surface area contributed by atoms with Gasteiger partial charge in [-0.05, 0) is 30.0 Å². The molecule has 0 spiro atoms. The lowest BCUT2D eigenvalue weighted by Crippen LogP contribution is -1.92. The van der Waals surface area contributed by atoms with E-state index in [2.05, 4.69) is 19.9 Å². The Morgan fingerprint density at radius 1 is 1.31 bits per heavy atom. The summed E-state index contributed by atoms with van der Waals surface area (Å²) < 4.78 is 0. The lowest BCUT2D eigenvalue weighted by molar-refractivity contribution is 0.399. The van der Waals surface area contributed by atoms with Crippen LogP contribution in [0.2, 0.25) is 5.02 Å². The van der Waals surface area contributed by atoms with Crippen molar-refractivity contribution in [3.8, 4) is 0 Å². The molecule has 1 aromatic carbocycles. The van der Waals surface area contributed by atoms with Crippen LogP contribution in [0.25, 0.3) is 0 Å². The summed E-state index contributed by atoms with van der Waals surface area (Å²) in [6.45, 7) is 4.42. The molecule has 0 bridgehead atoms. The molecule has 0 aliphatic carbocycles. The molecule has 1 N–H and O–H groups in total. The van der Waals surface area contributed by atoms with Crippen molar-refractivity contribution >= 4 is 11.6 Å².